The Morgan fingerprint density at radius 1 is 1.26 bits per heavy atom. The van der Waals surface area contributed by atoms with Crippen LogP contribution in [0, 0.1) is 6.92 Å². The highest BCUT2D eigenvalue weighted by Gasteiger charge is 2.28. The van der Waals surface area contributed by atoms with Crippen LogP contribution >= 0.6 is 11.3 Å². The molecule has 0 aromatic carbocycles. The van der Waals surface area contributed by atoms with Crippen LogP contribution in [0.2, 0.25) is 0 Å². The first kappa shape index (κ1) is 15.5. The third-order valence-corrected chi connectivity index (χ3v) is 3.41. The SMILES string of the molecule is CCOC(=O)c1c(C)sc(NC(C)C)c1C(=O)OC. The molecule has 1 aromatic rings. The molecule has 0 aliphatic carbocycles. The van der Waals surface area contributed by atoms with Crippen molar-refractivity contribution in [3.8, 4) is 0 Å². The van der Waals surface area contributed by atoms with Gasteiger partial charge in [0.2, 0.25) is 0 Å². The van der Waals surface area contributed by atoms with Gasteiger partial charge in [-0.2, -0.15) is 0 Å². The third kappa shape index (κ3) is 3.47. The molecule has 0 radical (unpaired) electrons. The summed E-state index contributed by atoms with van der Waals surface area (Å²) in [5.74, 6) is -1.02. The topological polar surface area (TPSA) is 64.6 Å². The van der Waals surface area contributed by atoms with Gasteiger partial charge < -0.3 is 14.8 Å². The number of methoxy groups -OCH3 is 1. The Labute approximate surface area is 116 Å². The van der Waals surface area contributed by atoms with Crippen molar-refractivity contribution < 1.29 is 19.1 Å². The zero-order valence-electron chi connectivity index (χ0n) is 11.8. The fraction of sp³-hybridized carbons (Fsp3) is 0.538. The summed E-state index contributed by atoms with van der Waals surface area (Å²) < 4.78 is 9.76. The molecule has 0 atom stereocenters. The number of aryl methyl sites for hydroxylation is 1. The Balaban J connectivity index is 3.32. The first-order valence-electron chi connectivity index (χ1n) is 6.07. The predicted molar refractivity (Wildman–Crippen MR) is 75.1 cm³/mol. The number of hydrogen-bond acceptors (Lipinski definition) is 6. The van der Waals surface area contributed by atoms with E-state index in [0.29, 0.717) is 10.6 Å². The van der Waals surface area contributed by atoms with E-state index in [2.05, 4.69) is 5.32 Å². The van der Waals surface area contributed by atoms with E-state index in [1.54, 1.807) is 13.8 Å². The van der Waals surface area contributed by atoms with Crippen molar-refractivity contribution >= 4 is 28.3 Å². The molecule has 0 bridgehead atoms. The van der Waals surface area contributed by atoms with Crippen LogP contribution in [0.15, 0.2) is 0 Å². The number of rotatable bonds is 5. The van der Waals surface area contributed by atoms with Gasteiger partial charge in [-0.15, -0.1) is 11.3 Å². The van der Waals surface area contributed by atoms with E-state index in [1.807, 2.05) is 13.8 Å². The smallest absolute Gasteiger partial charge is 0.341 e. The minimum atomic E-state index is -0.532. The van der Waals surface area contributed by atoms with Gasteiger partial charge in [-0.1, -0.05) is 0 Å². The summed E-state index contributed by atoms with van der Waals surface area (Å²) in [5, 5.41) is 3.80. The summed E-state index contributed by atoms with van der Waals surface area (Å²) >= 11 is 1.35. The number of hydrogen-bond donors (Lipinski definition) is 1. The standard InChI is InChI=1S/C13H19NO4S/c1-6-18-13(16)9-8(4)19-11(14-7(2)3)10(9)12(15)17-5/h7,14H,6H2,1-5H3. The minimum absolute atomic E-state index is 0.150. The summed E-state index contributed by atoms with van der Waals surface area (Å²) in [4.78, 5) is 24.6. The third-order valence-electron chi connectivity index (χ3n) is 2.37. The molecule has 0 spiro atoms. The highest BCUT2D eigenvalue weighted by atomic mass is 32.1. The van der Waals surface area contributed by atoms with Crippen molar-refractivity contribution in [3.05, 3.63) is 16.0 Å². The van der Waals surface area contributed by atoms with Crippen LogP contribution < -0.4 is 5.32 Å². The number of esters is 2. The van der Waals surface area contributed by atoms with Crippen LogP contribution in [-0.2, 0) is 9.47 Å². The summed E-state index contributed by atoms with van der Waals surface area (Å²) in [6, 6.07) is 0.150. The lowest BCUT2D eigenvalue weighted by molar-refractivity contribution is 0.0505. The van der Waals surface area contributed by atoms with E-state index >= 15 is 0 Å². The summed E-state index contributed by atoms with van der Waals surface area (Å²) in [5.41, 5.74) is 0.555. The van der Waals surface area contributed by atoms with Gasteiger partial charge in [0.25, 0.3) is 0 Å². The van der Waals surface area contributed by atoms with Gasteiger partial charge in [0, 0.05) is 10.9 Å². The molecule has 0 amide bonds. The van der Waals surface area contributed by atoms with Gasteiger partial charge in [0.15, 0.2) is 0 Å². The van der Waals surface area contributed by atoms with Crippen LogP contribution in [0.3, 0.4) is 0 Å². The number of thiophene rings is 1. The first-order valence-corrected chi connectivity index (χ1v) is 6.89. The van der Waals surface area contributed by atoms with Gasteiger partial charge in [-0.25, -0.2) is 9.59 Å². The molecule has 0 aliphatic rings. The highest BCUT2D eigenvalue weighted by Crippen LogP contribution is 2.34. The maximum Gasteiger partial charge on any atom is 0.341 e. The molecule has 106 valence electrons. The van der Waals surface area contributed by atoms with E-state index in [1.165, 1.54) is 18.4 Å². The van der Waals surface area contributed by atoms with Crippen LogP contribution in [0.4, 0.5) is 5.00 Å². The fourth-order valence-electron chi connectivity index (χ4n) is 1.65. The molecular weight excluding hydrogens is 266 g/mol. The Hall–Kier alpha value is -1.56. The number of anilines is 1. The molecule has 19 heavy (non-hydrogen) atoms. The van der Waals surface area contributed by atoms with Crippen molar-refractivity contribution in [2.75, 3.05) is 19.0 Å². The zero-order chi connectivity index (χ0) is 14.6. The van der Waals surface area contributed by atoms with Gasteiger partial charge in [-0.05, 0) is 27.7 Å². The lowest BCUT2D eigenvalue weighted by Gasteiger charge is -2.10. The molecule has 1 rings (SSSR count). The van der Waals surface area contributed by atoms with Crippen LogP contribution in [0.5, 0.6) is 0 Å². The van der Waals surface area contributed by atoms with Crippen molar-refractivity contribution in [2.45, 2.75) is 33.7 Å². The highest BCUT2D eigenvalue weighted by molar-refractivity contribution is 7.16. The second-order valence-electron chi connectivity index (χ2n) is 4.25. The van der Waals surface area contributed by atoms with Gasteiger partial charge >= 0.3 is 11.9 Å². The fourth-order valence-corrected chi connectivity index (χ4v) is 2.83. The molecule has 0 aliphatic heterocycles. The molecule has 0 fully saturated rings. The summed E-state index contributed by atoms with van der Waals surface area (Å²) in [7, 11) is 1.30. The molecule has 1 heterocycles. The van der Waals surface area contributed by atoms with Crippen molar-refractivity contribution in [3.63, 3.8) is 0 Å². The van der Waals surface area contributed by atoms with Crippen LogP contribution in [0.1, 0.15) is 46.4 Å². The van der Waals surface area contributed by atoms with E-state index in [9.17, 15) is 9.59 Å². The number of carbonyl (C=O) groups excluding carboxylic acids is 2. The maximum absolute atomic E-state index is 12.0. The molecule has 1 aromatic heterocycles. The second-order valence-corrected chi connectivity index (χ2v) is 5.47. The first-order chi connectivity index (χ1) is 8.92. The largest absolute Gasteiger partial charge is 0.465 e. The Morgan fingerprint density at radius 2 is 1.89 bits per heavy atom. The lowest BCUT2D eigenvalue weighted by Crippen LogP contribution is -2.16. The van der Waals surface area contributed by atoms with Crippen molar-refractivity contribution in [2.24, 2.45) is 0 Å². The zero-order valence-corrected chi connectivity index (χ0v) is 12.6. The maximum atomic E-state index is 12.0. The normalized spacial score (nSPS) is 10.4. The number of nitrogens with one attached hydrogen (secondary N) is 1. The van der Waals surface area contributed by atoms with Gasteiger partial charge in [0.1, 0.15) is 10.6 Å². The quantitative estimate of drug-likeness (QED) is 0.843. The molecule has 5 nitrogen and oxygen atoms in total. The van der Waals surface area contributed by atoms with E-state index in [0.717, 1.165) is 4.88 Å². The molecule has 0 unspecified atom stereocenters. The molecular formula is C13H19NO4S. The Morgan fingerprint density at radius 3 is 2.37 bits per heavy atom. The van der Waals surface area contributed by atoms with E-state index in [4.69, 9.17) is 9.47 Å². The Bertz CT molecular complexity index is 479. The molecule has 0 saturated heterocycles. The average molecular weight is 285 g/mol. The van der Waals surface area contributed by atoms with Crippen LogP contribution in [0.25, 0.3) is 0 Å². The van der Waals surface area contributed by atoms with Gasteiger partial charge in [0.05, 0.1) is 19.3 Å². The second kappa shape index (κ2) is 6.56. The van der Waals surface area contributed by atoms with E-state index < -0.39 is 11.9 Å². The number of ether oxygens (including phenoxy) is 2. The molecule has 0 saturated carbocycles. The minimum Gasteiger partial charge on any atom is -0.465 e. The molecule has 1 N–H and O–H groups in total. The van der Waals surface area contributed by atoms with Gasteiger partial charge in [-0.3, -0.25) is 0 Å². The van der Waals surface area contributed by atoms with E-state index in [-0.39, 0.29) is 18.2 Å². The van der Waals surface area contributed by atoms with Crippen molar-refractivity contribution in [1.29, 1.82) is 0 Å². The predicted octanol–water partition coefficient (Wildman–Crippen LogP) is 2.84. The summed E-state index contributed by atoms with van der Waals surface area (Å²) in [6.07, 6.45) is 0. The lowest BCUT2D eigenvalue weighted by atomic mass is 10.1. The van der Waals surface area contributed by atoms with Crippen molar-refractivity contribution in [1.82, 2.24) is 0 Å². The summed E-state index contributed by atoms with van der Waals surface area (Å²) in [6.45, 7) is 7.70. The Kier molecular flexibility index (Phi) is 5.35. The van der Waals surface area contributed by atoms with Crippen LogP contribution in [-0.4, -0.2) is 31.7 Å². The molecule has 6 heteroatoms. The number of carbonyl (C=O) groups is 2. The average Bonchev–Trinajstić information content (AvgIpc) is 2.64. The monoisotopic (exact) mass is 285 g/mol.